The smallest absolute Gasteiger partial charge is 0.227 e. The van der Waals surface area contributed by atoms with Crippen LogP contribution in [0.15, 0.2) is 52.1 Å². The van der Waals surface area contributed by atoms with E-state index >= 15 is 0 Å². The molecular weight excluding hydrogens is 202 g/mol. The summed E-state index contributed by atoms with van der Waals surface area (Å²) < 4.78 is 5.14. The lowest BCUT2D eigenvalue weighted by Gasteiger charge is -1.83. The molecule has 0 radical (unpaired) electrons. The average Bonchev–Trinajstić information content (AvgIpc) is 2.95. The molecule has 16 heavy (non-hydrogen) atoms. The van der Waals surface area contributed by atoms with Gasteiger partial charge in [0.05, 0.1) is 23.5 Å². The first kappa shape index (κ1) is 8.91. The number of imidazole rings is 1. The molecule has 0 amide bonds. The third-order valence-electron chi connectivity index (χ3n) is 2.23. The first-order chi connectivity index (χ1) is 7.92. The number of rotatable bonds is 2. The number of H-pyrrole nitrogens is 1. The quantitative estimate of drug-likeness (QED) is 0.662. The van der Waals surface area contributed by atoms with Crippen molar-refractivity contribution in [2.24, 2.45) is 4.99 Å². The normalized spacial score (nSPS) is 11.5. The summed E-state index contributed by atoms with van der Waals surface area (Å²) in [6, 6.07) is 11.5. The number of hydrogen-bond donors (Lipinski definition) is 1. The van der Waals surface area contributed by atoms with Gasteiger partial charge in [0.2, 0.25) is 5.95 Å². The lowest BCUT2D eigenvalue weighted by Crippen LogP contribution is -1.74. The molecule has 0 aliphatic carbocycles. The minimum Gasteiger partial charge on any atom is -0.463 e. The van der Waals surface area contributed by atoms with Gasteiger partial charge in [-0.25, -0.2) is 9.98 Å². The fourth-order valence-corrected chi connectivity index (χ4v) is 1.49. The minimum absolute atomic E-state index is 0.581. The predicted molar refractivity (Wildman–Crippen MR) is 62.1 cm³/mol. The molecule has 1 aromatic carbocycles. The molecule has 0 saturated carbocycles. The first-order valence-corrected chi connectivity index (χ1v) is 4.94. The number of fused-ring (bicyclic) bond motifs is 1. The van der Waals surface area contributed by atoms with Gasteiger partial charge in [-0.1, -0.05) is 12.1 Å². The van der Waals surface area contributed by atoms with Crippen LogP contribution in [0.5, 0.6) is 0 Å². The molecule has 3 rings (SSSR count). The summed E-state index contributed by atoms with van der Waals surface area (Å²) in [5.74, 6) is 1.29. The van der Waals surface area contributed by atoms with E-state index in [0.29, 0.717) is 11.7 Å². The second-order valence-electron chi connectivity index (χ2n) is 3.35. The molecule has 0 saturated heterocycles. The monoisotopic (exact) mass is 211 g/mol. The highest BCUT2D eigenvalue weighted by atomic mass is 16.3. The summed E-state index contributed by atoms with van der Waals surface area (Å²) in [5.41, 5.74) is 1.89. The zero-order valence-electron chi connectivity index (χ0n) is 8.42. The molecule has 0 atom stereocenters. The zero-order chi connectivity index (χ0) is 10.8. The second kappa shape index (κ2) is 3.66. The molecule has 78 valence electrons. The van der Waals surface area contributed by atoms with E-state index in [9.17, 15) is 0 Å². The number of nitrogens with zero attached hydrogens (tertiary/aromatic N) is 2. The van der Waals surface area contributed by atoms with Gasteiger partial charge >= 0.3 is 0 Å². The van der Waals surface area contributed by atoms with Gasteiger partial charge < -0.3 is 9.40 Å². The van der Waals surface area contributed by atoms with Gasteiger partial charge in [-0.15, -0.1) is 0 Å². The predicted octanol–water partition coefficient (Wildman–Crippen LogP) is 2.91. The molecule has 4 heteroatoms. The molecule has 0 spiro atoms. The van der Waals surface area contributed by atoms with Crippen molar-refractivity contribution in [2.75, 3.05) is 0 Å². The molecular formula is C12H9N3O. The topological polar surface area (TPSA) is 54.2 Å². The number of furan rings is 1. The zero-order valence-corrected chi connectivity index (χ0v) is 8.42. The minimum atomic E-state index is 0.581. The van der Waals surface area contributed by atoms with Crippen LogP contribution in [-0.4, -0.2) is 16.2 Å². The Morgan fingerprint density at radius 3 is 2.94 bits per heavy atom. The van der Waals surface area contributed by atoms with Crippen LogP contribution in [0.4, 0.5) is 5.95 Å². The van der Waals surface area contributed by atoms with Gasteiger partial charge in [0.1, 0.15) is 5.76 Å². The van der Waals surface area contributed by atoms with Crippen molar-refractivity contribution in [1.82, 2.24) is 9.97 Å². The number of aromatic nitrogens is 2. The number of aromatic amines is 1. The van der Waals surface area contributed by atoms with E-state index < -0.39 is 0 Å². The second-order valence-corrected chi connectivity index (χ2v) is 3.35. The highest BCUT2D eigenvalue weighted by molar-refractivity contribution is 5.80. The highest BCUT2D eigenvalue weighted by Crippen LogP contribution is 2.15. The van der Waals surface area contributed by atoms with E-state index in [0.717, 1.165) is 11.0 Å². The molecule has 0 aliphatic rings. The maximum atomic E-state index is 5.14. The van der Waals surface area contributed by atoms with Crippen molar-refractivity contribution >= 4 is 23.2 Å². The van der Waals surface area contributed by atoms with Gasteiger partial charge in [0, 0.05) is 0 Å². The van der Waals surface area contributed by atoms with E-state index in [2.05, 4.69) is 15.0 Å². The Morgan fingerprint density at radius 1 is 1.19 bits per heavy atom. The summed E-state index contributed by atoms with van der Waals surface area (Å²) in [6.07, 6.45) is 3.25. The van der Waals surface area contributed by atoms with Crippen LogP contribution in [0.2, 0.25) is 0 Å². The lowest BCUT2D eigenvalue weighted by molar-refractivity contribution is 0.560. The number of hydrogen-bond acceptors (Lipinski definition) is 3. The van der Waals surface area contributed by atoms with Crippen LogP contribution in [-0.2, 0) is 0 Å². The van der Waals surface area contributed by atoms with E-state index in [-0.39, 0.29) is 0 Å². The van der Waals surface area contributed by atoms with Gasteiger partial charge in [0.15, 0.2) is 0 Å². The fourth-order valence-electron chi connectivity index (χ4n) is 1.49. The van der Waals surface area contributed by atoms with Crippen molar-refractivity contribution in [1.29, 1.82) is 0 Å². The Kier molecular flexibility index (Phi) is 2.04. The summed E-state index contributed by atoms with van der Waals surface area (Å²) in [6.45, 7) is 0. The molecule has 0 bridgehead atoms. The number of nitrogens with one attached hydrogen (secondary N) is 1. The standard InChI is InChI=1S/C12H9N3O/c1-2-6-11-10(5-1)14-12(15-11)13-8-9-4-3-7-16-9/h1-8H,(H,14,15). The van der Waals surface area contributed by atoms with Crippen molar-refractivity contribution in [3.63, 3.8) is 0 Å². The number of para-hydroxylation sites is 2. The third kappa shape index (κ3) is 1.61. The fraction of sp³-hybridized carbons (Fsp3) is 0. The van der Waals surface area contributed by atoms with Gasteiger partial charge in [-0.2, -0.15) is 0 Å². The van der Waals surface area contributed by atoms with E-state index in [4.69, 9.17) is 4.42 Å². The van der Waals surface area contributed by atoms with Crippen molar-refractivity contribution in [2.45, 2.75) is 0 Å². The van der Waals surface area contributed by atoms with E-state index in [1.165, 1.54) is 0 Å². The average molecular weight is 211 g/mol. The van der Waals surface area contributed by atoms with E-state index in [1.807, 2.05) is 36.4 Å². The Hall–Kier alpha value is -2.36. The van der Waals surface area contributed by atoms with Crippen LogP contribution in [0.25, 0.3) is 11.0 Å². The van der Waals surface area contributed by atoms with Crippen LogP contribution in [0.3, 0.4) is 0 Å². The van der Waals surface area contributed by atoms with Gasteiger partial charge in [-0.05, 0) is 24.3 Å². The van der Waals surface area contributed by atoms with E-state index in [1.54, 1.807) is 12.5 Å². The van der Waals surface area contributed by atoms with Crippen molar-refractivity contribution in [3.05, 3.63) is 48.4 Å². The van der Waals surface area contributed by atoms with Crippen LogP contribution >= 0.6 is 0 Å². The Balaban J connectivity index is 1.95. The highest BCUT2D eigenvalue weighted by Gasteiger charge is 1.99. The van der Waals surface area contributed by atoms with Crippen molar-refractivity contribution in [3.8, 4) is 0 Å². The SMILES string of the molecule is C(=Nc1nc2ccccc2[nH]1)c1ccco1. The lowest BCUT2D eigenvalue weighted by atomic mass is 10.3. The molecule has 3 aromatic rings. The molecule has 2 aromatic heterocycles. The Bertz CT molecular complexity index is 590. The Morgan fingerprint density at radius 2 is 2.12 bits per heavy atom. The van der Waals surface area contributed by atoms with Gasteiger partial charge in [-0.3, -0.25) is 0 Å². The summed E-state index contributed by atoms with van der Waals surface area (Å²) in [4.78, 5) is 11.6. The third-order valence-corrected chi connectivity index (χ3v) is 2.23. The summed E-state index contributed by atoms with van der Waals surface area (Å²) in [5, 5.41) is 0. The molecule has 4 nitrogen and oxygen atoms in total. The number of aliphatic imine (C=N–C) groups is 1. The number of benzene rings is 1. The first-order valence-electron chi connectivity index (χ1n) is 4.94. The molecule has 1 N–H and O–H groups in total. The van der Waals surface area contributed by atoms with Crippen LogP contribution in [0.1, 0.15) is 5.76 Å². The molecule has 0 unspecified atom stereocenters. The van der Waals surface area contributed by atoms with Crippen LogP contribution in [0, 0.1) is 0 Å². The summed E-state index contributed by atoms with van der Waals surface area (Å²) in [7, 11) is 0. The molecule has 0 aliphatic heterocycles. The molecule has 0 fully saturated rings. The Labute approximate surface area is 91.7 Å². The summed E-state index contributed by atoms with van der Waals surface area (Å²) >= 11 is 0. The largest absolute Gasteiger partial charge is 0.463 e. The molecule has 2 heterocycles. The van der Waals surface area contributed by atoms with Gasteiger partial charge in [0.25, 0.3) is 0 Å². The van der Waals surface area contributed by atoms with Crippen molar-refractivity contribution < 1.29 is 4.42 Å². The maximum Gasteiger partial charge on any atom is 0.227 e. The maximum absolute atomic E-state index is 5.14. The van der Waals surface area contributed by atoms with Crippen LogP contribution < -0.4 is 0 Å².